The molecular formula is C26H21NO3P+. The van der Waals surface area contributed by atoms with E-state index in [1.807, 2.05) is 54.6 Å². The molecule has 0 aliphatic carbocycles. The predicted octanol–water partition coefficient (Wildman–Crippen LogP) is 5.12. The topological polar surface area (TPSA) is 52.4 Å². The van der Waals surface area contributed by atoms with Crippen LogP contribution < -0.4 is 15.9 Å². The van der Waals surface area contributed by atoms with Crippen LogP contribution in [0, 0.1) is 10.1 Å². The fourth-order valence-corrected chi connectivity index (χ4v) is 9.35. The largest absolute Gasteiger partial charge is 0.333 e. The summed E-state index contributed by atoms with van der Waals surface area (Å²) in [5.74, 6) is -0.450. The van der Waals surface area contributed by atoms with Gasteiger partial charge in [0.05, 0.1) is 17.1 Å². The molecule has 0 aromatic heterocycles. The maximum Gasteiger partial charge on any atom is 0.279 e. The third-order valence-electron chi connectivity index (χ3n) is 5.85. The summed E-state index contributed by atoms with van der Waals surface area (Å²) in [5.41, 5.74) is 1.87. The van der Waals surface area contributed by atoms with Crippen molar-refractivity contribution in [1.29, 1.82) is 0 Å². The summed E-state index contributed by atoms with van der Waals surface area (Å²) in [6, 6.07) is 36.0. The highest BCUT2D eigenvalue weighted by Crippen LogP contribution is 2.70. The lowest BCUT2D eigenvalue weighted by Gasteiger charge is -2.38. The maximum atomic E-state index is 12.0. The highest BCUT2D eigenvalue weighted by molar-refractivity contribution is 7.96. The number of nitro benzene ring substituents is 1. The third-order valence-corrected chi connectivity index (χ3v) is 10.4. The van der Waals surface area contributed by atoms with Gasteiger partial charge in [0.1, 0.15) is 23.2 Å². The van der Waals surface area contributed by atoms with Crippen molar-refractivity contribution >= 4 is 28.9 Å². The van der Waals surface area contributed by atoms with Crippen LogP contribution in [0.15, 0.2) is 109 Å². The molecule has 0 radical (unpaired) electrons. The molecule has 1 heterocycles. The van der Waals surface area contributed by atoms with Gasteiger partial charge in [-0.1, -0.05) is 66.7 Å². The van der Waals surface area contributed by atoms with Crippen LogP contribution in [0.4, 0.5) is 5.69 Å². The zero-order chi connectivity index (χ0) is 21.3. The van der Waals surface area contributed by atoms with Gasteiger partial charge in [0.2, 0.25) is 5.85 Å². The highest BCUT2D eigenvalue weighted by atomic mass is 31.2. The van der Waals surface area contributed by atoms with Gasteiger partial charge < -0.3 is 4.74 Å². The van der Waals surface area contributed by atoms with Crippen LogP contribution in [0.5, 0.6) is 0 Å². The van der Waals surface area contributed by atoms with E-state index in [-0.39, 0.29) is 10.6 Å². The maximum absolute atomic E-state index is 12.0. The highest BCUT2D eigenvalue weighted by Gasteiger charge is 2.58. The Kier molecular flexibility index (Phi) is 5.11. The van der Waals surface area contributed by atoms with Crippen LogP contribution in [0.25, 0.3) is 0 Å². The molecule has 4 aromatic carbocycles. The number of ether oxygens (including phenoxy) is 1. The molecule has 0 N–H and O–H groups in total. The first-order valence-electron chi connectivity index (χ1n) is 10.2. The number of nitro groups is 1. The van der Waals surface area contributed by atoms with Crippen LogP contribution in [-0.4, -0.2) is 4.92 Å². The average Bonchev–Trinajstić information content (AvgIpc) is 2.84. The molecule has 1 unspecified atom stereocenters. The van der Waals surface area contributed by atoms with Gasteiger partial charge in [-0.2, -0.15) is 0 Å². The Morgan fingerprint density at radius 2 is 1.29 bits per heavy atom. The van der Waals surface area contributed by atoms with Gasteiger partial charge in [0, 0.05) is 11.6 Å². The summed E-state index contributed by atoms with van der Waals surface area (Å²) in [6.07, 6.45) is 0. The number of hydrogen-bond donors (Lipinski definition) is 0. The fraction of sp³-hybridized carbons (Fsp3) is 0.0769. The Morgan fingerprint density at radius 1 is 0.742 bits per heavy atom. The van der Waals surface area contributed by atoms with Crippen LogP contribution in [0.2, 0.25) is 0 Å². The van der Waals surface area contributed by atoms with Gasteiger partial charge in [-0.25, -0.2) is 0 Å². The first-order chi connectivity index (χ1) is 15.2. The van der Waals surface area contributed by atoms with Crippen molar-refractivity contribution in [3.05, 3.63) is 130 Å². The molecule has 0 bridgehead atoms. The van der Waals surface area contributed by atoms with Gasteiger partial charge in [0.25, 0.3) is 5.69 Å². The van der Waals surface area contributed by atoms with Gasteiger partial charge in [-0.05, 0) is 36.4 Å². The molecule has 1 aliphatic heterocycles. The summed E-state index contributed by atoms with van der Waals surface area (Å²) in [4.78, 5) is 11.7. The van der Waals surface area contributed by atoms with Gasteiger partial charge in [-0.3, -0.25) is 10.1 Å². The summed E-state index contributed by atoms with van der Waals surface area (Å²) in [5, 5.41) is 15.5. The van der Waals surface area contributed by atoms with Gasteiger partial charge in [0.15, 0.2) is 0 Å². The number of para-hydroxylation sites is 1. The van der Waals surface area contributed by atoms with E-state index in [0.29, 0.717) is 12.2 Å². The van der Waals surface area contributed by atoms with E-state index in [4.69, 9.17) is 4.74 Å². The molecule has 0 amide bonds. The molecule has 152 valence electrons. The van der Waals surface area contributed by atoms with Crippen LogP contribution in [-0.2, 0) is 11.3 Å². The van der Waals surface area contributed by atoms with Crippen LogP contribution in [0.3, 0.4) is 0 Å². The van der Waals surface area contributed by atoms with Crippen LogP contribution in [0.1, 0.15) is 17.0 Å². The summed E-state index contributed by atoms with van der Waals surface area (Å²) >= 11 is 0. The number of rotatable bonds is 4. The third kappa shape index (κ3) is 3.16. The molecule has 4 nitrogen and oxygen atoms in total. The fourth-order valence-electron chi connectivity index (χ4n) is 4.57. The predicted molar refractivity (Wildman–Crippen MR) is 126 cm³/mol. The standard InChI is InChI=1S/C26H21NO3P/c28-27(29)24-17-9-8-16-23(24)26-30-19-20-11-7-10-18-25(20)31(26,21-12-3-1-4-13-21)22-14-5-2-6-15-22/h1-18,26H,19H2/q+1. The second kappa shape index (κ2) is 8.07. The monoisotopic (exact) mass is 426 g/mol. The average molecular weight is 426 g/mol. The quantitative estimate of drug-likeness (QED) is 0.259. The first kappa shape index (κ1) is 19.6. The Morgan fingerprint density at radius 3 is 1.94 bits per heavy atom. The molecule has 31 heavy (non-hydrogen) atoms. The lowest BCUT2D eigenvalue weighted by atomic mass is 10.2. The Balaban J connectivity index is 1.91. The minimum Gasteiger partial charge on any atom is -0.333 e. The lowest BCUT2D eigenvalue weighted by Crippen LogP contribution is -2.40. The molecule has 0 spiro atoms. The molecule has 5 heteroatoms. The van der Waals surface area contributed by atoms with E-state index in [9.17, 15) is 10.1 Å². The van der Waals surface area contributed by atoms with Gasteiger partial charge >= 0.3 is 0 Å². The Bertz CT molecular complexity index is 1190. The summed E-state index contributed by atoms with van der Waals surface area (Å²) in [6.45, 7) is 0.425. The molecule has 1 aliphatic rings. The number of hydrogen-bond acceptors (Lipinski definition) is 3. The first-order valence-corrected chi connectivity index (χ1v) is 12.0. The Labute approximate surface area is 181 Å². The smallest absolute Gasteiger partial charge is 0.279 e. The molecule has 5 rings (SSSR count). The van der Waals surface area contributed by atoms with Crippen molar-refractivity contribution in [2.75, 3.05) is 0 Å². The van der Waals surface area contributed by atoms with Crippen molar-refractivity contribution in [3.63, 3.8) is 0 Å². The zero-order valence-electron chi connectivity index (χ0n) is 16.8. The van der Waals surface area contributed by atoms with Crippen molar-refractivity contribution < 1.29 is 9.66 Å². The van der Waals surface area contributed by atoms with Crippen molar-refractivity contribution in [2.45, 2.75) is 12.5 Å². The number of benzene rings is 4. The Hall–Kier alpha value is -3.33. The van der Waals surface area contributed by atoms with E-state index in [0.717, 1.165) is 16.2 Å². The molecule has 0 saturated carbocycles. The van der Waals surface area contributed by atoms with Gasteiger partial charge in [-0.15, -0.1) is 0 Å². The molecule has 4 aromatic rings. The van der Waals surface area contributed by atoms with E-state index < -0.39 is 13.1 Å². The van der Waals surface area contributed by atoms with Crippen LogP contribution >= 0.6 is 7.26 Å². The van der Waals surface area contributed by atoms with Crippen molar-refractivity contribution in [2.24, 2.45) is 0 Å². The van der Waals surface area contributed by atoms with E-state index in [1.165, 1.54) is 5.30 Å². The van der Waals surface area contributed by atoms with E-state index in [1.54, 1.807) is 12.1 Å². The molecule has 1 atom stereocenters. The van der Waals surface area contributed by atoms with Crippen molar-refractivity contribution in [1.82, 2.24) is 0 Å². The second-order valence-electron chi connectivity index (χ2n) is 7.50. The summed E-state index contributed by atoms with van der Waals surface area (Å²) in [7, 11) is -2.41. The molecular weight excluding hydrogens is 405 g/mol. The molecule has 0 saturated heterocycles. The SMILES string of the molecule is O=[N+]([O-])c1ccccc1C1OCc2ccccc2[P+]1(c1ccccc1)c1ccccc1. The zero-order valence-corrected chi connectivity index (χ0v) is 17.7. The second-order valence-corrected chi connectivity index (χ2v) is 10.9. The normalized spacial score (nSPS) is 17.0. The minimum atomic E-state index is -2.41. The van der Waals surface area contributed by atoms with E-state index in [2.05, 4.69) is 42.5 Å². The lowest BCUT2D eigenvalue weighted by molar-refractivity contribution is -0.386. The molecule has 0 fully saturated rings. The number of fused-ring (bicyclic) bond motifs is 1. The van der Waals surface area contributed by atoms with Crippen molar-refractivity contribution in [3.8, 4) is 0 Å². The number of nitrogens with zero attached hydrogens (tertiary/aromatic N) is 1. The summed E-state index contributed by atoms with van der Waals surface area (Å²) < 4.78 is 6.55. The van der Waals surface area contributed by atoms with E-state index >= 15 is 0 Å². The minimum absolute atomic E-state index is 0.100.